The molecule has 1 aromatic heterocycles. The number of fused-ring (bicyclic) bond motifs is 1. The van der Waals surface area contributed by atoms with E-state index < -0.39 is 0 Å². The van der Waals surface area contributed by atoms with Crippen LogP contribution in [0.15, 0.2) is 24.4 Å². The van der Waals surface area contributed by atoms with Crippen LogP contribution in [0.5, 0.6) is 0 Å². The van der Waals surface area contributed by atoms with Gasteiger partial charge in [0.15, 0.2) is 12.3 Å². The van der Waals surface area contributed by atoms with Crippen molar-refractivity contribution in [3.8, 4) is 0 Å². The minimum Gasteiger partial charge on any atom is -0.176 e. The van der Waals surface area contributed by atoms with Gasteiger partial charge in [-0.2, -0.15) is 9.19 Å². The molecule has 1 heterocycles. The van der Waals surface area contributed by atoms with Gasteiger partial charge in [-0.15, -0.1) is 3.89 Å². The van der Waals surface area contributed by atoms with Crippen LogP contribution in [0, 0.1) is 0 Å². The van der Waals surface area contributed by atoms with Gasteiger partial charge in [0.2, 0.25) is 0 Å². The van der Waals surface area contributed by atoms with Gasteiger partial charge in [-0.25, -0.2) is 0 Å². The number of nitrogens with zero attached hydrogens (tertiary/aromatic N) is 2. The summed E-state index contributed by atoms with van der Waals surface area (Å²) in [5, 5.41) is 4.94. The summed E-state index contributed by atoms with van der Waals surface area (Å²) in [6.45, 7) is 4.00. The van der Waals surface area contributed by atoms with Gasteiger partial charge in [0, 0.05) is 5.39 Å². The van der Waals surface area contributed by atoms with Gasteiger partial charge in [-0.05, 0) is 30.4 Å². The maximum atomic E-state index is 12.5. The smallest absolute Gasteiger partial charge is 0.176 e. The molecule has 2 aromatic rings. The molecule has 0 radical (unpaired) electrons. The predicted molar refractivity (Wildman–Crippen MR) is 67.2 cm³/mol. The fourth-order valence-corrected chi connectivity index (χ4v) is 2.05. The average Bonchev–Trinajstić information content (AvgIpc) is 3.12. The van der Waals surface area contributed by atoms with Crippen molar-refractivity contribution in [3.05, 3.63) is 30.0 Å². The Labute approximate surface area is 99.3 Å². The molecule has 86 valence electrons. The van der Waals surface area contributed by atoms with Gasteiger partial charge in [0.25, 0.3) is 0 Å². The van der Waals surface area contributed by atoms with Crippen LogP contribution in [0.2, 0.25) is 0 Å². The summed E-state index contributed by atoms with van der Waals surface area (Å²) in [5.41, 5.74) is 2.19. The normalized spacial score (nSPS) is 14.7. The monoisotopic (exact) mass is 238 g/mol. The molecule has 1 aromatic carbocycles. The van der Waals surface area contributed by atoms with Crippen LogP contribution < -0.4 is 0 Å². The van der Waals surface area contributed by atoms with E-state index in [4.69, 9.17) is 0 Å². The molecule has 0 unspecified atom stereocenters. The topological polar surface area (TPSA) is 17.8 Å². The minimum atomic E-state index is 0.151. The lowest BCUT2D eigenvalue weighted by Crippen LogP contribution is -1.86. The predicted octanol–water partition coefficient (Wildman–Crippen LogP) is 4.32. The van der Waals surface area contributed by atoms with Crippen LogP contribution in [0.3, 0.4) is 0 Å². The van der Waals surface area contributed by atoms with Gasteiger partial charge >= 0.3 is 0 Å². The van der Waals surface area contributed by atoms with Crippen molar-refractivity contribution in [2.24, 2.45) is 0 Å². The van der Waals surface area contributed by atoms with E-state index in [-0.39, 0.29) is 12.3 Å². The van der Waals surface area contributed by atoms with Crippen molar-refractivity contribution < 1.29 is 3.89 Å². The Hall–Kier alpha value is -1.03. The Morgan fingerprint density at radius 3 is 2.75 bits per heavy atom. The van der Waals surface area contributed by atoms with Crippen molar-refractivity contribution in [1.29, 1.82) is 0 Å². The standard InChI is InChI=1S/C10H9FN2S.C2H6/c11-14-13-10-5-8(7-1-2-7)3-4-9(10)6-12-13;1-2/h3-7H,1-2H2;1-2H3. The second-order valence-electron chi connectivity index (χ2n) is 3.68. The van der Waals surface area contributed by atoms with Crippen molar-refractivity contribution in [1.82, 2.24) is 9.19 Å². The van der Waals surface area contributed by atoms with Gasteiger partial charge < -0.3 is 0 Å². The van der Waals surface area contributed by atoms with Crippen LogP contribution in [0.1, 0.15) is 38.2 Å². The third kappa shape index (κ3) is 2.07. The van der Waals surface area contributed by atoms with Crippen LogP contribution in [0.25, 0.3) is 10.9 Å². The molecule has 16 heavy (non-hydrogen) atoms. The SMILES string of the molecule is CC.FSn1ncc2ccc(C3CC3)cc21. The fourth-order valence-electron chi connectivity index (χ4n) is 1.74. The highest BCUT2D eigenvalue weighted by Gasteiger charge is 2.23. The summed E-state index contributed by atoms with van der Waals surface area (Å²) in [6, 6.07) is 6.18. The Bertz CT molecular complexity index is 477. The van der Waals surface area contributed by atoms with Crippen molar-refractivity contribution >= 4 is 23.2 Å². The fraction of sp³-hybridized carbons (Fsp3) is 0.417. The number of aromatic nitrogens is 2. The summed E-state index contributed by atoms with van der Waals surface area (Å²) in [7, 11) is 0. The summed E-state index contributed by atoms with van der Waals surface area (Å²) in [6.07, 6.45) is 4.23. The number of hydrogen-bond donors (Lipinski definition) is 0. The van der Waals surface area contributed by atoms with Gasteiger partial charge in [-0.1, -0.05) is 26.0 Å². The summed E-state index contributed by atoms with van der Waals surface area (Å²) in [5.74, 6) is 0.701. The van der Waals surface area contributed by atoms with E-state index >= 15 is 0 Å². The molecule has 1 fully saturated rings. The molecule has 0 amide bonds. The highest BCUT2D eigenvalue weighted by molar-refractivity contribution is 7.92. The number of hydrogen-bond acceptors (Lipinski definition) is 2. The van der Waals surface area contributed by atoms with Gasteiger partial charge in [0.05, 0.1) is 11.7 Å². The molecule has 1 aliphatic carbocycles. The van der Waals surface area contributed by atoms with Crippen LogP contribution >= 0.6 is 12.3 Å². The molecule has 0 N–H and O–H groups in total. The Kier molecular flexibility index (Phi) is 3.49. The zero-order valence-electron chi connectivity index (χ0n) is 9.48. The van der Waals surface area contributed by atoms with E-state index in [1.807, 2.05) is 26.0 Å². The van der Waals surface area contributed by atoms with E-state index in [1.165, 1.54) is 22.5 Å². The lowest BCUT2D eigenvalue weighted by atomic mass is 10.1. The Morgan fingerprint density at radius 1 is 1.38 bits per heavy atom. The lowest BCUT2D eigenvalue weighted by molar-refractivity contribution is 0.888. The third-order valence-electron chi connectivity index (χ3n) is 2.68. The molecule has 0 bridgehead atoms. The van der Waals surface area contributed by atoms with E-state index in [2.05, 4.69) is 11.2 Å². The zero-order chi connectivity index (χ0) is 11.5. The van der Waals surface area contributed by atoms with Gasteiger partial charge in [0.1, 0.15) is 0 Å². The third-order valence-corrected chi connectivity index (χ3v) is 3.10. The quantitative estimate of drug-likeness (QED) is 0.775. The van der Waals surface area contributed by atoms with E-state index in [0.717, 1.165) is 10.9 Å². The Balaban J connectivity index is 0.000000457. The Morgan fingerprint density at radius 2 is 2.12 bits per heavy atom. The average molecular weight is 238 g/mol. The van der Waals surface area contributed by atoms with Crippen molar-refractivity contribution in [3.63, 3.8) is 0 Å². The van der Waals surface area contributed by atoms with E-state index in [1.54, 1.807) is 6.20 Å². The van der Waals surface area contributed by atoms with Crippen LogP contribution in [-0.4, -0.2) is 9.19 Å². The first kappa shape index (κ1) is 11.5. The molecule has 1 aliphatic rings. The second-order valence-corrected chi connectivity index (χ2v) is 4.16. The molecule has 0 atom stereocenters. The first-order valence-electron chi connectivity index (χ1n) is 5.65. The molecule has 2 nitrogen and oxygen atoms in total. The highest BCUT2D eigenvalue weighted by atomic mass is 32.2. The summed E-state index contributed by atoms with van der Waals surface area (Å²) >= 11 is 0.151. The number of rotatable bonds is 2. The molecule has 0 spiro atoms. The molecular formula is C12H15FN2S. The second kappa shape index (κ2) is 4.87. The van der Waals surface area contributed by atoms with E-state index in [9.17, 15) is 3.89 Å². The largest absolute Gasteiger partial charge is 0.188 e. The van der Waals surface area contributed by atoms with Crippen LogP contribution in [0.4, 0.5) is 3.89 Å². The van der Waals surface area contributed by atoms with E-state index in [0.29, 0.717) is 5.92 Å². The summed E-state index contributed by atoms with van der Waals surface area (Å²) < 4.78 is 13.8. The van der Waals surface area contributed by atoms with Crippen LogP contribution in [-0.2, 0) is 0 Å². The molecule has 0 aliphatic heterocycles. The molecule has 3 rings (SSSR count). The lowest BCUT2D eigenvalue weighted by Gasteiger charge is -1.99. The first-order chi connectivity index (χ1) is 7.88. The maximum absolute atomic E-state index is 12.5. The number of benzene rings is 1. The molecular weight excluding hydrogens is 223 g/mol. The van der Waals surface area contributed by atoms with Crippen molar-refractivity contribution in [2.75, 3.05) is 0 Å². The highest BCUT2D eigenvalue weighted by Crippen LogP contribution is 2.41. The van der Waals surface area contributed by atoms with Gasteiger partial charge in [-0.3, -0.25) is 0 Å². The molecule has 4 heteroatoms. The van der Waals surface area contributed by atoms with Crippen molar-refractivity contribution in [2.45, 2.75) is 32.6 Å². The molecule has 1 saturated carbocycles. The minimum absolute atomic E-state index is 0.151. The first-order valence-corrected chi connectivity index (χ1v) is 6.32. The zero-order valence-corrected chi connectivity index (χ0v) is 10.3. The molecule has 0 saturated heterocycles. The maximum Gasteiger partial charge on any atom is 0.188 e. The number of halogens is 1. The summed E-state index contributed by atoms with van der Waals surface area (Å²) in [4.78, 5) is 0.